The van der Waals surface area contributed by atoms with E-state index in [2.05, 4.69) is 43.1 Å². The van der Waals surface area contributed by atoms with Crippen LogP contribution in [0.4, 0.5) is 0 Å². The zero-order chi connectivity index (χ0) is 20.6. The summed E-state index contributed by atoms with van der Waals surface area (Å²) in [7, 11) is 0. The standard InChI is InChI=1S/C26H39NO2/c1-3-5-7-8-9-10-12-23-13-18-26(27-22-23)24-14-16-25(17-15-24)29-21-20-28-19-11-6-4-2/h13-18,22H,3-12,19-21H2,1-2H3. The van der Waals surface area contributed by atoms with Crippen molar-refractivity contribution in [2.45, 2.75) is 78.1 Å². The predicted octanol–water partition coefficient (Wildman–Crippen LogP) is 7.24. The molecule has 0 atom stereocenters. The first-order valence-electron chi connectivity index (χ1n) is 11.6. The third-order valence-corrected chi connectivity index (χ3v) is 5.18. The van der Waals surface area contributed by atoms with Crippen molar-refractivity contribution in [3.63, 3.8) is 0 Å². The Bertz CT molecular complexity index is 637. The van der Waals surface area contributed by atoms with Crippen LogP contribution < -0.4 is 4.74 Å². The Morgan fingerprint density at radius 2 is 1.41 bits per heavy atom. The Balaban J connectivity index is 1.68. The molecule has 3 nitrogen and oxygen atoms in total. The SMILES string of the molecule is CCCCCCCCc1ccc(-c2ccc(OCCOCCCCC)cc2)nc1. The van der Waals surface area contributed by atoms with Crippen molar-refractivity contribution in [2.75, 3.05) is 19.8 Å². The van der Waals surface area contributed by atoms with E-state index >= 15 is 0 Å². The van der Waals surface area contributed by atoms with Crippen molar-refractivity contribution in [1.82, 2.24) is 4.98 Å². The number of hydrogen-bond acceptors (Lipinski definition) is 3. The zero-order valence-electron chi connectivity index (χ0n) is 18.5. The second kappa shape index (κ2) is 15.0. The first-order chi connectivity index (χ1) is 14.3. The Morgan fingerprint density at radius 1 is 0.690 bits per heavy atom. The topological polar surface area (TPSA) is 31.4 Å². The van der Waals surface area contributed by atoms with E-state index < -0.39 is 0 Å². The summed E-state index contributed by atoms with van der Waals surface area (Å²) in [5, 5.41) is 0. The lowest BCUT2D eigenvalue weighted by atomic mass is 10.1. The maximum Gasteiger partial charge on any atom is 0.119 e. The van der Waals surface area contributed by atoms with Crippen LogP contribution in [0.1, 0.15) is 77.2 Å². The summed E-state index contributed by atoms with van der Waals surface area (Å²) in [6, 6.07) is 12.5. The van der Waals surface area contributed by atoms with E-state index in [0.717, 1.165) is 36.5 Å². The average molecular weight is 398 g/mol. The van der Waals surface area contributed by atoms with E-state index in [4.69, 9.17) is 9.47 Å². The number of nitrogens with zero attached hydrogens (tertiary/aromatic N) is 1. The molecule has 0 aliphatic rings. The van der Waals surface area contributed by atoms with E-state index in [9.17, 15) is 0 Å². The number of ether oxygens (including phenoxy) is 2. The van der Waals surface area contributed by atoms with Gasteiger partial charge in [-0.1, -0.05) is 64.9 Å². The van der Waals surface area contributed by atoms with Crippen molar-refractivity contribution >= 4 is 0 Å². The van der Waals surface area contributed by atoms with E-state index in [1.807, 2.05) is 18.3 Å². The average Bonchev–Trinajstić information content (AvgIpc) is 2.76. The van der Waals surface area contributed by atoms with Gasteiger partial charge in [0.05, 0.1) is 12.3 Å². The number of aryl methyl sites for hydroxylation is 1. The van der Waals surface area contributed by atoms with Gasteiger partial charge in [-0.15, -0.1) is 0 Å². The lowest BCUT2D eigenvalue weighted by Crippen LogP contribution is -2.07. The lowest BCUT2D eigenvalue weighted by Gasteiger charge is -2.08. The maximum absolute atomic E-state index is 5.76. The van der Waals surface area contributed by atoms with Gasteiger partial charge < -0.3 is 9.47 Å². The van der Waals surface area contributed by atoms with Gasteiger partial charge in [0.25, 0.3) is 0 Å². The molecule has 0 aliphatic carbocycles. The molecule has 0 aliphatic heterocycles. The van der Waals surface area contributed by atoms with Gasteiger partial charge in [0, 0.05) is 18.4 Å². The summed E-state index contributed by atoms with van der Waals surface area (Å²) in [6.07, 6.45) is 14.8. The van der Waals surface area contributed by atoms with Crippen LogP contribution in [0, 0.1) is 0 Å². The second-order valence-electron chi connectivity index (χ2n) is 7.76. The van der Waals surface area contributed by atoms with Crippen LogP contribution >= 0.6 is 0 Å². The van der Waals surface area contributed by atoms with Gasteiger partial charge in [0.2, 0.25) is 0 Å². The summed E-state index contributed by atoms with van der Waals surface area (Å²) in [5.74, 6) is 0.880. The smallest absolute Gasteiger partial charge is 0.119 e. The zero-order valence-corrected chi connectivity index (χ0v) is 18.5. The minimum atomic E-state index is 0.594. The van der Waals surface area contributed by atoms with Crippen LogP contribution in [0.2, 0.25) is 0 Å². The first-order valence-corrected chi connectivity index (χ1v) is 11.6. The Kier molecular flexibility index (Phi) is 12.1. The number of unbranched alkanes of at least 4 members (excludes halogenated alkanes) is 7. The molecule has 2 rings (SSSR count). The molecule has 0 saturated heterocycles. The minimum Gasteiger partial charge on any atom is -0.491 e. The molecule has 0 unspecified atom stereocenters. The molecule has 0 bridgehead atoms. The molecule has 3 heteroatoms. The van der Waals surface area contributed by atoms with Crippen LogP contribution in [0.5, 0.6) is 5.75 Å². The molecule has 0 fully saturated rings. The van der Waals surface area contributed by atoms with Gasteiger partial charge >= 0.3 is 0 Å². The number of benzene rings is 1. The summed E-state index contributed by atoms with van der Waals surface area (Å²) in [6.45, 7) is 6.53. The Labute approximate surface area is 177 Å². The summed E-state index contributed by atoms with van der Waals surface area (Å²) < 4.78 is 11.3. The van der Waals surface area contributed by atoms with Gasteiger partial charge in [0.1, 0.15) is 12.4 Å². The molecule has 2 aromatic rings. The third kappa shape index (κ3) is 9.94. The first kappa shape index (κ1) is 23.4. The summed E-state index contributed by atoms with van der Waals surface area (Å²) >= 11 is 0. The molecule has 1 aromatic carbocycles. The number of pyridine rings is 1. The monoisotopic (exact) mass is 397 g/mol. The van der Waals surface area contributed by atoms with Crippen molar-refractivity contribution in [2.24, 2.45) is 0 Å². The normalized spacial score (nSPS) is 11.0. The highest BCUT2D eigenvalue weighted by Crippen LogP contribution is 2.21. The van der Waals surface area contributed by atoms with E-state index in [-0.39, 0.29) is 0 Å². The summed E-state index contributed by atoms with van der Waals surface area (Å²) in [5.41, 5.74) is 3.48. The van der Waals surface area contributed by atoms with Gasteiger partial charge in [-0.2, -0.15) is 0 Å². The third-order valence-electron chi connectivity index (χ3n) is 5.18. The minimum absolute atomic E-state index is 0.594. The molecule has 0 saturated carbocycles. The maximum atomic E-state index is 5.76. The van der Waals surface area contributed by atoms with Crippen molar-refractivity contribution < 1.29 is 9.47 Å². The van der Waals surface area contributed by atoms with Crippen LogP contribution in [-0.2, 0) is 11.2 Å². The second-order valence-corrected chi connectivity index (χ2v) is 7.76. The Morgan fingerprint density at radius 3 is 2.14 bits per heavy atom. The number of rotatable bonds is 16. The molecular formula is C26H39NO2. The number of hydrogen-bond donors (Lipinski definition) is 0. The van der Waals surface area contributed by atoms with Crippen molar-refractivity contribution in [3.8, 4) is 17.0 Å². The lowest BCUT2D eigenvalue weighted by molar-refractivity contribution is 0.0973. The molecule has 1 heterocycles. The molecule has 29 heavy (non-hydrogen) atoms. The van der Waals surface area contributed by atoms with Crippen molar-refractivity contribution in [1.29, 1.82) is 0 Å². The van der Waals surface area contributed by atoms with E-state index in [1.54, 1.807) is 0 Å². The Hall–Kier alpha value is -1.87. The van der Waals surface area contributed by atoms with Crippen LogP contribution in [0.25, 0.3) is 11.3 Å². The number of aromatic nitrogens is 1. The molecular weight excluding hydrogens is 358 g/mol. The van der Waals surface area contributed by atoms with Gasteiger partial charge in [-0.05, 0) is 55.2 Å². The molecule has 1 aromatic heterocycles. The van der Waals surface area contributed by atoms with Crippen LogP contribution in [0.15, 0.2) is 42.6 Å². The summed E-state index contributed by atoms with van der Waals surface area (Å²) in [4.78, 5) is 4.66. The predicted molar refractivity (Wildman–Crippen MR) is 123 cm³/mol. The van der Waals surface area contributed by atoms with Crippen molar-refractivity contribution in [3.05, 3.63) is 48.2 Å². The quantitative estimate of drug-likeness (QED) is 0.280. The molecule has 0 radical (unpaired) electrons. The highest BCUT2D eigenvalue weighted by atomic mass is 16.5. The van der Waals surface area contributed by atoms with E-state index in [1.165, 1.54) is 56.9 Å². The highest BCUT2D eigenvalue weighted by Gasteiger charge is 2.02. The molecule has 0 amide bonds. The molecule has 0 spiro atoms. The largest absolute Gasteiger partial charge is 0.491 e. The van der Waals surface area contributed by atoms with Gasteiger partial charge in [-0.3, -0.25) is 4.98 Å². The van der Waals surface area contributed by atoms with Crippen LogP contribution in [-0.4, -0.2) is 24.8 Å². The van der Waals surface area contributed by atoms with Gasteiger partial charge in [0.15, 0.2) is 0 Å². The molecule has 0 N–H and O–H groups in total. The molecule has 160 valence electrons. The van der Waals surface area contributed by atoms with Gasteiger partial charge in [-0.25, -0.2) is 0 Å². The fourth-order valence-corrected chi connectivity index (χ4v) is 3.35. The highest BCUT2D eigenvalue weighted by molar-refractivity contribution is 5.60. The van der Waals surface area contributed by atoms with Crippen LogP contribution in [0.3, 0.4) is 0 Å². The fourth-order valence-electron chi connectivity index (χ4n) is 3.35. The van der Waals surface area contributed by atoms with E-state index in [0.29, 0.717) is 13.2 Å². The fraction of sp³-hybridized carbons (Fsp3) is 0.577.